The predicted molar refractivity (Wildman–Crippen MR) is 116 cm³/mol. The van der Waals surface area contributed by atoms with Crippen LogP contribution >= 0.6 is 28.1 Å². The SMILES string of the molecule is CCCCCCCCOc1c(Br)cc(C=C2C(=O)NC(=S)NC2=O)cc1OC. The van der Waals surface area contributed by atoms with Crippen molar-refractivity contribution in [1.29, 1.82) is 0 Å². The largest absolute Gasteiger partial charge is 0.493 e. The molecule has 1 heterocycles. The maximum absolute atomic E-state index is 12.0. The molecule has 0 radical (unpaired) electrons. The Kier molecular flexibility index (Phi) is 8.92. The summed E-state index contributed by atoms with van der Waals surface area (Å²) in [5.74, 6) is 0.0655. The minimum atomic E-state index is -0.535. The number of carbonyl (C=O) groups excluding carboxylic acids is 2. The number of hydrogen-bond donors (Lipinski definition) is 2. The Labute approximate surface area is 179 Å². The number of halogens is 1. The van der Waals surface area contributed by atoms with Crippen LogP contribution < -0.4 is 20.1 Å². The average molecular weight is 469 g/mol. The maximum Gasteiger partial charge on any atom is 0.263 e. The van der Waals surface area contributed by atoms with E-state index in [1.54, 1.807) is 19.2 Å². The van der Waals surface area contributed by atoms with Crippen LogP contribution in [0.25, 0.3) is 6.08 Å². The van der Waals surface area contributed by atoms with E-state index in [0.29, 0.717) is 28.1 Å². The van der Waals surface area contributed by atoms with Crippen LogP contribution in [0.15, 0.2) is 22.2 Å². The number of rotatable bonds is 10. The van der Waals surface area contributed by atoms with E-state index in [0.717, 1.165) is 12.8 Å². The fourth-order valence-electron chi connectivity index (χ4n) is 2.79. The van der Waals surface area contributed by atoms with E-state index in [9.17, 15) is 9.59 Å². The van der Waals surface area contributed by atoms with E-state index in [1.165, 1.54) is 31.8 Å². The summed E-state index contributed by atoms with van der Waals surface area (Å²) in [5.41, 5.74) is 0.604. The smallest absolute Gasteiger partial charge is 0.263 e. The summed E-state index contributed by atoms with van der Waals surface area (Å²) in [7, 11) is 1.55. The van der Waals surface area contributed by atoms with Gasteiger partial charge in [0.05, 0.1) is 18.2 Å². The van der Waals surface area contributed by atoms with Gasteiger partial charge in [0, 0.05) is 0 Å². The van der Waals surface area contributed by atoms with Crippen LogP contribution in [0, 0.1) is 0 Å². The zero-order chi connectivity index (χ0) is 20.5. The highest BCUT2D eigenvalue weighted by atomic mass is 79.9. The number of thiocarbonyl (C=S) groups is 1. The second-order valence-electron chi connectivity index (χ2n) is 6.45. The van der Waals surface area contributed by atoms with Crippen molar-refractivity contribution in [2.45, 2.75) is 45.4 Å². The number of hydrogen-bond acceptors (Lipinski definition) is 5. The summed E-state index contributed by atoms with van der Waals surface area (Å²) in [6.45, 7) is 2.80. The molecule has 0 bridgehead atoms. The Morgan fingerprint density at radius 3 is 2.36 bits per heavy atom. The zero-order valence-electron chi connectivity index (χ0n) is 16.1. The van der Waals surface area contributed by atoms with Crippen molar-refractivity contribution in [3.05, 3.63) is 27.7 Å². The normalized spacial score (nSPS) is 13.8. The highest BCUT2D eigenvalue weighted by Crippen LogP contribution is 2.37. The molecule has 1 aliphatic rings. The predicted octanol–water partition coefficient (Wildman–Crippen LogP) is 4.11. The van der Waals surface area contributed by atoms with Gasteiger partial charge >= 0.3 is 0 Å². The molecule has 2 N–H and O–H groups in total. The first kappa shape index (κ1) is 22.4. The molecular weight excluding hydrogens is 444 g/mol. The van der Waals surface area contributed by atoms with E-state index in [-0.39, 0.29) is 10.7 Å². The summed E-state index contributed by atoms with van der Waals surface area (Å²) in [6.07, 6.45) is 8.59. The van der Waals surface area contributed by atoms with Crippen molar-refractivity contribution in [1.82, 2.24) is 10.6 Å². The number of amides is 2. The topological polar surface area (TPSA) is 76.7 Å². The van der Waals surface area contributed by atoms with Crippen molar-refractivity contribution >= 4 is 51.2 Å². The molecule has 0 aromatic heterocycles. The molecule has 2 amide bonds. The molecule has 0 saturated carbocycles. The van der Waals surface area contributed by atoms with Crippen LogP contribution in [0.2, 0.25) is 0 Å². The Hall–Kier alpha value is -1.93. The lowest BCUT2D eigenvalue weighted by Gasteiger charge is -2.17. The lowest BCUT2D eigenvalue weighted by atomic mass is 10.1. The van der Waals surface area contributed by atoms with Crippen molar-refractivity contribution in [2.24, 2.45) is 0 Å². The van der Waals surface area contributed by atoms with Gasteiger partial charge in [0.2, 0.25) is 0 Å². The number of methoxy groups -OCH3 is 1. The first-order valence-corrected chi connectivity index (χ1v) is 10.5. The Morgan fingerprint density at radius 2 is 1.71 bits per heavy atom. The van der Waals surface area contributed by atoms with Gasteiger partial charge in [0.15, 0.2) is 16.6 Å². The van der Waals surface area contributed by atoms with Gasteiger partial charge < -0.3 is 9.47 Å². The van der Waals surface area contributed by atoms with E-state index in [2.05, 4.69) is 33.5 Å². The summed E-state index contributed by atoms with van der Waals surface area (Å²) in [5, 5.41) is 4.83. The average Bonchev–Trinajstić information content (AvgIpc) is 2.64. The lowest BCUT2D eigenvalue weighted by molar-refractivity contribution is -0.123. The maximum atomic E-state index is 12.0. The fourth-order valence-corrected chi connectivity index (χ4v) is 3.55. The summed E-state index contributed by atoms with van der Waals surface area (Å²) < 4.78 is 12.0. The van der Waals surface area contributed by atoms with Gasteiger partial charge in [-0.2, -0.15) is 0 Å². The lowest BCUT2D eigenvalue weighted by Crippen LogP contribution is -2.51. The van der Waals surface area contributed by atoms with Crippen LogP contribution in [-0.4, -0.2) is 30.6 Å². The van der Waals surface area contributed by atoms with Crippen LogP contribution in [0.3, 0.4) is 0 Å². The van der Waals surface area contributed by atoms with Gasteiger partial charge in [-0.3, -0.25) is 20.2 Å². The third kappa shape index (κ3) is 6.31. The number of carbonyl (C=O) groups is 2. The second kappa shape index (κ2) is 11.2. The molecule has 1 aliphatic heterocycles. The van der Waals surface area contributed by atoms with E-state index >= 15 is 0 Å². The molecule has 1 aromatic carbocycles. The molecule has 1 saturated heterocycles. The van der Waals surface area contributed by atoms with Gasteiger partial charge in [-0.1, -0.05) is 39.0 Å². The Morgan fingerprint density at radius 1 is 1.07 bits per heavy atom. The quantitative estimate of drug-likeness (QED) is 0.234. The number of nitrogens with one attached hydrogen (secondary N) is 2. The molecule has 2 rings (SSSR count). The van der Waals surface area contributed by atoms with Crippen LogP contribution in [0.1, 0.15) is 51.0 Å². The molecule has 0 aliphatic carbocycles. The molecule has 152 valence electrons. The first-order chi connectivity index (χ1) is 13.5. The van der Waals surface area contributed by atoms with Gasteiger partial charge in [0.25, 0.3) is 11.8 Å². The number of ether oxygens (including phenoxy) is 2. The van der Waals surface area contributed by atoms with Gasteiger partial charge in [-0.05, 0) is 58.3 Å². The first-order valence-electron chi connectivity index (χ1n) is 9.35. The highest BCUT2D eigenvalue weighted by Gasteiger charge is 2.26. The van der Waals surface area contributed by atoms with Gasteiger partial charge in [0.1, 0.15) is 5.57 Å². The monoisotopic (exact) mass is 468 g/mol. The van der Waals surface area contributed by atoms with Crippen LogP contribution in [0.5, 0.6) is 11.5 Å². The van der Waals surface area contributed by atoms with E-state index in [1.807, 2.05) is 0 Å². The third-order valence-corrected chi connectivity index (χ3v) is 5.04. The second-order valence-corrected chi connectivity index (χ2v) is 7.71. The van der Waals surface area contributed by atoms with E-state index < -0.39 is 11.8 Å². The molecule has 1 fully saturated rings. The fraction of sp³-hybridized carbons (Fsp3) is 0.450. The minimum Gasteiger partial charge on any atom is -0.493 e. The van der Waals surface area contributed by atoms with Crippen molar-refractivity contribution in [3.8, 4) is 11.5 Å². The molecule has 0 spiro atoms. The zero-order valence-corrected chi connectivity index (χ0v) is 18.5. The molecule has 6 nitrogen and oxygen atoms in total. The molecule has 0 unspecified atom stereocenters. The molecule has 0 atom stereocenters. The standard InChI is InChI=1S/C20H25BrN2O4S/c1-3-4-5-6-7-8-9-27-17-15(21)11-13(12-16(17)26-2)10-14-18(24)22-20(28)23-19(14)25/h10-12H,3-9H2,1-2H3,(H2,22,23,24,25,28). The van der Waals surface area contributed by atoms with Crippen LogP contribution in [-0.2, 0) is 9.59 Å². The number of unbranched alkanes of at least 4 members (excludes halogenated alkanes) is 5. The molecule has 28 heavy (non-hydrogen) atoms. The highest BCUT2D eigenvalue weighted by molar-refractivity contribution is 9.10. The minimum absolute atomic E-state index is 0.00403. The van der Waals surface area contributed by atoms with Crippen LogP contribution in [0.4, 0.5) is 0 Å². The van der Waals surface area contributed by atoms with E-state index in [4.69, 9.17) is 21.7 Å². The third-order valence-electron chi connectivity index (χ3n) is 4.25. The summed E-state index contributed by atoms with van der Waals surface area (Å²) in [4.78, 5) is 24.0. The Balaban J connectivity index is 2.06. The Bertz CT molecular complexity index is 758. The summed E-state index contributed by atoms with van der Waals surface area (Å²) >= 11 is 8.29. The molecule has 8 heteroatoms. The molecule has 1 aromatic rings. The molecular formula is C20H25BrN2O4S. The van der Waals surface area contributed by atoms with Crippen molar-refractivity contribution < 1.29 is 19.1 Å². The van der Waals surface area contributed by atoms with Gasteiger partial charge in [-0.25, -0.2) is 0 Å². The van der Waals surface area contributed by atoms with Crippen molar-refractivity contribution in [2.75, 3.05) is 13.7 Å². The van der Waals surface area contributed by atoms with Gasteiger partial charge in [-0.15, -0.1) is 0 Å². The number of benzene rings is 1. The van der Waals surface area contributed by atoms with Crippen molar-refractivity contribution in [3.63, 3.8) is 0 Å². The summed E-state index contributed by atoms with van der Waals surface area (Å²) in [6, 6.07) is 3.50.